The molecule has 0 aromatic carbocycles. The smallest absolute Gasteiger partial charge is 1.00 e. The molecule has 7 heteroatoms. The summed E-state index contributed by atoms with van der Waals surface area (Å²) in [6.07, 6.45) is 0. The van der Waals surface area contributed by atoms with Gasteiger partial charge in [-0.1, -0.05) is 0 Å². The second-order valence-corrected chi connectivity index (χ2v) is 4.31. The Labute approximate surface area is 79.4 Å². The van der Waals surface area contributed by atoms with Crippen molar-refractivity contribution in [2.45, 2.75) is 0 Å². The first-order chi connectivity index (χ1) is 1.41. The van der Waals surface area contributed by atoms with Gasteiger partial charge in [-0.25, -0.2) is 0 Å². The van der Waals surface area contributed by atoms with Crippen LogP contribution in [0.3, 0.4) is 0 Å². The van der Waals surface area contributed by atoms with Crippen molar-refractivity contribution in [3.8, 4) is 0 Å². The SMILES string of the molecule is [Cl][Sn+2][Cl].[F-].[F-].[F-].[Na+]. The molecule has 0 aliphatic heterocycles. The summed E-state index contributed by atoms with van der Waals surface area (Å²) in [5.74, 6) is 0. The summed E-state index contributed by atoms with van der Waals surface area (Å²) in [4.78, 5) is 0. The Bertz CT molecular complexity index is 12.9. The molecule has 0 unspecified atom stereocenters. The van der Waals surface area contributed by atoms with E-state index in [4.69, 9.17) is 17.8 Å². The average Bonchev–Trinajstić information content (AvgIpc) is 0.918. The largest absolute Gasteiger partial charge is 1.00 e. The number of halogens is 5. The van der Waals surface area contributed by atoms with Gasteiger partial charge in [0.1, 0.15) is 0 Å². The van der Waals surface area contributed by atoms with Crippen molar-refractivity contribution in [2.75, 3.05) is 0 Å². The fourth-order valence-electron chi connectivity index (χ4n) is 0. The van der Waals surface area contributed by atoms with Crippen LogP contribution in [0.2, 0.25) is 0 Å². The van der Waals surface area contributed by atoms with Crippen LogP contribution in [0.25, 0.3) is 0 Å². The molecule has 0 rings (SSSR count). The van der Waals surface area contributed by atoms with Crippen molar-refractivity contribution in [1.82, 2.24) is 0 Å². The van der Waals surface area contributed by atoms with E-state index in [-0.39, 0.29) is 43.7 Å². The van der Waals surface area contributed by atoms with E-state index in [0.717, 1.165) is 0 Å². The van der Waals surface area contributed by atoms with Crippen LogP contribution in [-0.2, 0) is 0 Å². The molecule has 0 radical (unpaired) electrons. The van der Waals surface area contributed by atoms with Gasteiger partial charge in [0.25, 0.3) is 0 Å². The van der Waals surface area contributed by atoms with E-state index >= 15 is 0 Å². The maximum Gasteiger partial charge on any atom is 1.00 e. The van der Waals surface area contributed by atoms with E-state index in [1.54, 1.807) is 0 Å². The molecule has 0 atom stereocenters. The van der Waals surface area contributed by atoms with E-state index in [9.17, 15) is 0 Å². The van der Waals surface area contributed by atoms with Crippen LogP contribution in [0.5, 0.6) is 0 Å². The number of hydrogen-bond acceptors (Lipinski definition) is 0. The summed E-state index contributed by atoms with van der Waals surface area (Å²) in [7, 11) is 9.87. The van der Waals surface area contributed by atoms with Gasteiger partial charge in [0.05, 0.1) is 0 Å². The van der Waals surface area contributed by atoms with Gasteiger partial charge in [0.2, 0.25) is 0 Å². The van der Waals surface area contributed by atoms with Crippen molar-refractivity contribution in [1.29, 1.82) is 0 Å². The van der Waals surface area contributed by atoms with Crippen molar-refractivity contribution in [3.63, 3.8) is 0 Å². The van der Waals surface area contributed by atoms with Crippen molar-refractivity contribution < 1.29 is 43.7 Å². The Hall–Kier alpha value is 2.17. The van der Waals surface area contributed by atoms with Gasteiger partial charge >= 0.3 is 66.3 Å². The van der Waals surface area contributed by atoms with Crippen LogP contribution in [0.1, 0.15) is 0 Å². The Balaban J connectivity index is -0.00000000333. The van der Waals surface area contributed by atoms with Gasteiger partial charge in [-0.15, -0.1) is 0 Å². The van der Waals surface area contributed by atoms with Gasteiger partial charge < -0.3 is 14.1 Å². The quantitative estimate of drug-likeness (QED) is 0.383. The van der Waals surface area contributed by atoms with E-state index in [0.29, 0.717) is 0 Å². The fraction of sp³-hybridized carbons (Fsp3) is 0. The maximum atomic E-state index is 4.93. The van der Waals surface area contributed by atoms with Gasteiger partial charge in [-0.2, -0.15) is 0 Å². The first kappa shape index (κ1) is 35.2. The van der Waals surface area contributed by atoms with Crippen LogP contribution in [0, 0.1) is 0 Å². The second kappa shape index (κ2) is 41.8. The first-order valence-electron chi connectivity index (χ1n) is 0.378. The van der Waals surface area contributed by atoms with E-state index in [1.165, 1.54) is 0 Å². The molecule has 0 saturated heterocycles. The molecule has 0 saturated carbocycles. The summed E-state index contributed by atoms with van der Waals surface area (Å²) in [5, 5.41) is 0. The molecular formula is Cl2F3NaSn. The fourth-order valence-corrected chi connectivity index (χ4v) is 0. The molecule has 0 aliphatic rings. The number of hydrogen-bond donors (Lipinski definition) is 0. The molecule has 0 N–H and O–H groups in total. The van der Waals surface area contributed by atoms with Gasteiger partial charge in [0, 0.05) is 0 Å². The third-order valence-electron chi connectivity index (χ3n) is 0. The Morgan fingerprint density at radius 3 is 0.857 bits per heavy atom. The average molecular weight is 270 g/mol. The molecule has 0 heterocycles. The molecule has 0 aromatic rings. The Kier molecular flexibility index (Phi) is 210. The predicted molar refractivity (Wildman–Crippen MR) is 17.5 cm³/mol. The van der Waals surface area contributed by atoms with E-state index in [2.05, 4.69) is 0 Å². The first-order valence-corrected chi connectivity index (χ1v) is 7.61. The summed E-state index contributed by atoms with van der Waals surface area (Å²) < 4.78 is 0. The monoisotopic (exact) mass is 270 g/mol. The molecular weight excluding hydrogens is 270 g/mol. The molecule has 0 nitrogen and oxygen atoms in total. The second-order valence-electron chi connectivity index (χ2n) is 0.0714. The standard InChI is InChI=1S/2ClH.3FH.Na.Sn/h5*1H;;/q;;;;;+1;+4/p-5. The maximum absolute atomic E-state index is 4.93. The van der Waals surface area contributed by atoms with Crippen LogP contribution >= 0.6 is 17.8 Å². The summed E-state index contributed by atoms with van der Waals surface area (Å²) in [6.45, 7) is 0. The molecule has 7 heavy (non-hydrogen) atoms. The zero-order chi connectivity index (χ0) is 2.71. The summed E-state index contributed by atoms with van der Waals surface area (Å²) in [6, 6.07) is 0. The Morgan fingerprint density at radius 2 is 0.857 bits per heavy atom. The predicted octanol–water partition coefficient (Wildman–Crippen LogP) is -11.0. The van der Waals surface area contributed by atoms with E-state index < -0.39 is 18.9 Å². The minimum Gasteiger partial charge on any atom is -1.00 e. The van der Waals surface area contributed by atoms with Crippen molar-refractivity contribution in [2.24, 2.45) is 0 Å². The van der Waals surface area contributed by atoms with Crippen molar-refractivity contribution >= 4 is 36.7 Å². The molecule has 0 spiro atoms. The van der Waals surface area contributed by atoms with E-state index in [1.807, 2.05) is 0 Å². The summed E-state index contributed by atoms with van der Waals surface area (Å²) >= 11 is -0.826. The van der Waals surface area contributed by atoms with Crippen molar-refractivity contribution in [3.05, 3.63) is 0 Å². The molecule has 0 aromatic heterocycles. The zero-order valence-corrected chi connectivity index (χ0v) is 9.76. The third kappa shape index (κ3) is 66.1. The molecule has 0 amide bonds. The minimum atomic E-state index is -0.826. The Morgan fingerprint density at radius 1 is 0.857 bits per heavy atom. The van der Waals surface area contributed by atoms with Crippen LogP contribution < -0.4 is 43.7 Å². The minimum absolute atomic E-state index is 0. The third-order valence-corrected chi connectivity index (χ3v) is 0. The zero-order valence-electron chi connectivity index (χ0n) is 3.39. The van der Waals surface area contributed by atoms with Gasteiger partial charge in [-0.05, 0) is 0 Å². The molecule has 0 bridgehead atoms. The van der Waals surface area contributed by atoms with Gasteiger partial charge in [0.15, 0.2) is 0 Å². The number of rotatable bonds is 0. The molecule has 0 fully saturated rings. The van der Waals surface area contributed by atoms with Crippen LogP contribution in [0.15, 0.2) is 0 Å². The summed E-state index contributed by atoms with van der Waals surface area (Å²) in [5.41, 5.74) is 0. The molecule has 0 aliphatic carbocycles. The van der Waals surface area contributed by atoms with Crippen LogP contribution in [-0.4, -0.2) is 18.9 Å². The van der Waals surface area contributed by atoms with Crippen LogP contribution in [0.4, 0.5) is 0 Å². The normalized spacial score (nSPS) is 1.43. The topological polar surface area (TPSA) is 0 Å². The van der Waals surface area contributed by atoms with Gasteiger partial charge in [-0.3, -0.25) is 0 Å². The molecule has 40 valence electrons.